The van der Waals surface area contributed by atoms with E-state index in [0.717, 1.165) is 82.8 Å². The van der Waals surface area contributed by atoms with Crippen LogP contribution in [0.3, 0.4) is 0 Å². The quantitative estimate of drug-likeness (QED) is 0.182. The predicted molar refractivity (Wildman–Crippen MR) is 222 cm³/mol. The van der Waals surface area contributed by atoms with Crippen molar-refractivity contribution in [2.24, 2.45) is 0 Å². The molecule has 2 aromatic heterocycles. The second kappa shape index (κ2) is 11.7. The summed E-state index contributed by atoms with van der Waals surface area (Å²) in [6, 6.07) is 66.7. The van der Waals surface area contributed by atoms with Gasteiger partial charge >= 0.3 is 0 Å². The lowest BCUT2D eigenvalue weighted by Crippen LogP contribution is -2.10. The van der Waals surface area contributed by atoms with Gasteiger partial charge in [0.05, 0.1) is 11.1 Å². The SMILES string of the molecule is c1ccc2c(-c3ccc(N(c4ccc(-c5cccc6c5oc5ccccc56)cc4)c4cccc5oc6c7ccccc7ccc6c45)cc3)cccc2c1. The first-order valence-electron chi connectivity index (χ1n) is 18.0. The van der Waals surface area contributed by atoms with Crippen LogP contribution in [0.15, 0.2) is 197 Å². The molecule has 0 spiro atoms. The minimum Gasteiger partial charge on any atom is -0.455 e. The number of nitrogens with zero attached hydrogens (tertiary/aromatic N) is 1. The Morgan fingerprint density at radius 3 is 1.66 bits per heavy atom. The fraction of sp³-hybridized carbons (Fsp3) is 0. The monoisotopic (exact) mass is 677 g/mol. The Kier molecular flexibility index (Phi) is 6.55. The topological polar surface area (TPSA) is 29.5 Å². The van der Waals surface area contributed by atoms with Crippen LogP contribution in [-0.2, 0) is 0 Å². The summed E-state index contributed by atoms with van der Waals surface area (Å²) >= 11 is 0. The fourth-order valence-corrected chi connectivity index (χ4v) is 8.18. The minimum absolute atomic E-state index is 0.861. The second-order valence-corrected chi connectivity index (χ2v) is 13.7. The molecule has 0 bridgehead atoms. The molecule has 248 valence electrons. The summed E-state index contributed by atoms with van der Waals surface area (Å²) in [4.78, 5) is 2.35. The Balaban J connectivity index is 1.09. The molecule has 11 rings (SSSR count). The summed E-state index contributed by atoms with van der Waals surface area (Å²) in [7, 11) is 0. The number of furan rings is 2. The van der Waals surface area contributed by atoms with Crippen LogP contribution in [-0.4, -0.2) is 0 Å². The van der Waals surface area contributed by atoms with Gasteiger partial charge in [-0.1, -0.05) is 140 Å². The van der Waals surface area contributed by atoms with Crippen LogP contribution in [0.25, 0.3) is 87.7 Å². The van der Waals surface area contributed by atoms with Crippen molar-refractivity contribution >= 4 is 82.5 Å². The van der Waals surface area contributed by atoms with Crippen molar-refractivity contribution in [1.82, 2.24) is 0 Å². The highest BCUT2D eigenvalue weighted by Gasteiger charge is 2.21. The number of fused-ring (bicyclic) bond motifs is 9. The predicted octanol–water partition coefficient (Wildman–Crippen LogP) is 14.6. The summed E-state index contributed by atoms with van der Waals surface area (Å²) in [5, 5.41) is 9.20. The van der Waals surface area contributed by atoms with E-state index in [1.807, 2.05) is 12.1 Å². The lowest BCUT2D eigenvalue weighted by atomic mass is 9.98. The van der Waals surface area contributed by atoms with Gasteiger partial charge in [0.25, 0.3) is 0 Å². The Bertz CT molecular complexity index is 3160. The number of rotatable bonds is 5. The van der Waals surface area contributed by atoms with E-state index < -0.39 is 0 Å². The highest BCUT2D eigenvalue weighted by atomic mass is 16.3. The third-order valence-electron chi connectivity index (χ3n) is 10.7. The lowest BCUT2D eigenvalue weighted by Gasteiger charge is -2.26. The zero-order valence-corrected chi connectivity index (χ0v) is 28.7. The third kappa shape index (κ3) is 4.68. The van der Waals surface area contributed by atoms with Gasteiger partial charge < -0.3 is 13.7 Å². The Morgan fingerprint density at radius 2 is 0.868 bits per heavy atom. The van der Waals surface area contributed by atoms with E-state index in [-0.39, 0.29) is 0 Å². The van der Waals surface area contributed by atoms with Crippen molar-refractivity contribution in [3.05, 3.63) is 188 Å². The number of para-hydroxylation sites is 2. The average Bonchev–Trinajstić information content (AvgIpc) is 3.81. The van der Waals surface area contributed by atoms with Gasteiger partial charge in [0.1, 0.15) is 22.3 Å². The highest BCUT2D eigenvalue weighted by molar-refractivity contribution is 6.19. The van der Waals surface area contributed by atoms with Gasteiger partial charge in [-0.3, -0.25) is 0 Å². The average molecular weight is 678 g/mol. The van der Waals surface area contributed by atoms with E-state index in [9.17, 15) is 0 Å². The Labute approximate surface area is 305 Å². The van der Waals surface area contributed by atoms with Gasteiger partial charge in [-0.05, 0) is 81.4 Å². The van der Waals surface area contributed by atoms with Crippen LogP contribution < -0.4 is 4.90 Å². The molecule has 0 radical (unpaired) electrons. The molecule has 0 N–H and O–H groups in total. The van der Waals surface area contributed by atoms with Crippen molar-refractivity contribution in [3.63, 3.8) is 0 Å². The smallest absolute Gasteiger partial charge is 0.143 e. The molecule has 3 heteroatoms. The van der Waals surface area contributed by atoms with E-state index in [2.05, 4.69) is 181 Å². The molecule has 0 aliphatic heterocycles. The molecule has 3 nitrogen and oxygen atoms in total. The fourth-order valence-electron chi connectivity index (χ4n) is 8.18. The van der Waals surface area contributed by atoms with E-state index in [0.29, 0.717) is 0 Å². The maximum atomic E-state index is 6.65. The van der Waals surface area contributed by atoms with E-state index in [1.165, 1.54) is 21.9 Å². The molecule has 0 atom stereocenters. The lowest BCUT2D eigenvalue weighted by molar-refractivity contribution is 0.670. The summed E-state index contributed by atoms with van der Waals surface area (Å²) in [5.74, 6) is 0. The van der Waals surface area contributed by atoms with Gasteiger partial charge in [0, 0.05) is 38.5 Å². The Morgan fingerprint density at radius 1 is 0.321 bits per heavy atom. The largest absolute Gasteiger partial charge is 0.455 e. The number of hydrogen-bond acceptors (Lipinski definition) is 3. The first kappa shape index (κ1) is 29.6. The number of anilines is 3. The van der Waals surface area contributed by atoms with Crippen LogP contribution >= 0.6 is 0 Å². The maximum absolute atomic E-state index is 6.65. The maximum Gasteiger partial charge on any atom is 0.143 e. The van der Waals surface area contributed by atoms with Crippen LogP contribution in [0, 0.1) is 0 Å². The van der Waals surface area contributed by atoms with Gasteiger partial charge in [-0.2, -0.15) is 0 Å². The third-order valence-corrected chi connectivity index (χ3v) is 10.7. The van der Waals surface area contributed by atoms with E-state index >= 15 is 0 Å². The molecular formula is C50H31NO2. The van der Waals surface area contributed by atoms with Crippen molar-refractivity contribution in [2.75, 3.05) is 4.90 Å². The van der Waals surface area contributed by atoms with Crippen molar-refractivity contribution in [3.8, 4) is 22.3 Å². The Hall–Kier alpha value is -7.10. The first-order valence-corrected chi connectivity index (χ1v) is 18.0. The van der Waals surface area contributed by atoms with Crippen molar-refractivity contribution in [1.29, 1.82) is 0 Å². The van der Waals surface area contributed by atoms with Crippen molar-refractivity contribution in [2.45, 2.75) is 0 Å². The van der Waals surface area contributed by atoms with Crippen LogP contribution in [0.5, 0.6) is 0 Å². The molecule has 0 fully saturated rings. The second-order valence-electron chi connectivity index (χ2n) is 13.7. The standard InChI is InChI=1S/C50H31NO2/c1-3-13-38-32(10-1)12-7-16-39(38)34-22-27-36(28-23-34)51(45-19-9-21-47-48(45)44-31-26-33-11-2-4-14-40(33)50(44)53-47)37-29-24-35(25-30-37)41-17-8-18-43-42-15-5-6-20-46(42)52-49(41)43/h1-31H. The molecule has 2 heterocycles. The van der Waals surface area contributed by atoms with Gasteiger partial charge in [0.15, 0.2) is 0 Å². The van der Waals surface area contributed by atoms with E-state index in [1.54, 1.807) is 0 Å². The summed E-state index contributed by atoms with van der Waals surface area (Å²) < 4.78 is 13.1. The summed E-state index contributed by atoms with van der Waals surface area (Å²) in [5.41, 5.74) is 11.3. The molecule has 9 aromatic carbocycles. The molecule has 11 aromatic rings. The number of hydrogen-bond donors (Lipinski definition) is 0. The van der Waals surface area contributed by atoms with Crippen LogP contribution in [0.2, 0.25) is 0 Å². The molecular weight excluding hydrogens is 647 g/mol. The zero-order valence-electron chi connectivity index (χ0n) is 28.7. The summed E-state index contributed by atoms with van der Waals surface area (Å²) in [6.45, 7) is 0. The van der Waals surface area contributed by atoms with Gasteiger partial charge in [-0.25, -0.2) is 0 Å². The molecule has 0 aliphatic rings. The normalized spacial score (nSPS) is 11.8. The molecule has 0 saturated carbocycles. The molecule has 0 unspecified atom stereocenters. The van der Waals surface area contributed by atoms with Gasteiger partial charge in [-0.15, -0.1) is 0 Å². The van der Waals surface area contributed by atoms with Crippen LogP contribution in [0.1, 0.15) is 0 Å². The van der Waals surface area contributed by atoms with Crippen molar-refractivity contribution < 1.29 is 8.83 Å². The molecule has 0 saturated heterocycles. The van der Waals surface area contributed by atoms with E-state index in [4.69, 9.17) is 8.83 Å². The molecule has 53 heavy (non-hydrogen) atoms. The molecule has 0 aliphatic carbocycles. The minimum atomic E-state index is 0.861. The molecule has 0 amide bonds. The highest BCUT2D eigenvalue weighted by Crippen LogP contribution is 2.45. The zero-order chi connectivity index (χ0) is 34.9. The van der Waals surface area contributed by atoms with Gasteiger partial charge in [0.2, 0.25) is 0 Å². The first-order chi connectivity index (χ1) is 26.3. The number of benzene rings is 9. The summed E-state index contributed by atoms with van der Waals surface area (Å²) in [6.07, 6.45) is 0. The van der Waals surface area contributed by atoms with Crippen LogP contribution in [0.4, 0.5) is 17.1 Å².